The molecule has 1 aliphatic rings. The number of nitrogens with zero attached hydrogens (tertiary/aromatic N) is 4. The van der Waals surface area contributed by atoms with Crippen LogP contribution < -0.4 is 0 Å². The van der Waals surface area contributed by atoms with Crippen molar-refractivity contribution in [3.63, 3.8) is 0 Å². The number of carbonyl (C=O) groups excluding carboxylic acids is 1. The Labute approximate surface area is 250 Å². The normalized spacial score (nSPS) is 14.0. The van der Waals surface area contributed by atoms with E-state index in [4.69, 9.17) is 4.42 Å². The van der Waals surface area contributed by atoms with E-state index in [1.165, 1.54) is 28.5 Å². The molecule has 1 aliphatic heterocycles. The first-order chi connectivity index (χ1) is 20.7. The fourth-order valence-corrected chi connectivity index (χ4v) is 5.63. The van der Waals surface area contributed by atoms with Crippen LogP contribution in [0.1, 0.15) is 21.9 Å². The van der Waals surface area contributed by atoms with Crippen molar-refractivity contribution in [2.45, 2.75) is 10.8 Å². The number of hydrogen-bond donors (Lipinski definition) is 0. The summed E-state index contributed by atoms with van der Waals surface area (Å²) in [5, 5.41) is 9.63. The monoisotopic (exact) mass is 572 g/mol. The molecule has 0 spiro atoms. The Balaban J connectivity index is 0.967. The lowest BCUT2D eigenvalue weighted by atomic mass is 10.0. The van der Waals surface area contributed by atoms with E-state index in [-0.39, 0.29) is 5.91 Å². The maximum Gasteiger partial charge on any atom is 0.289 e. The van der Waals surface area contributed by atoms with E-state index in [9.17, 15) is 4.79 Å². The summed E-state index contributed by atoms with van der Waals surface area (Å²) in [5.41, 5.74) is 5.42. The van der Waals surface area contributed by atoms with Crippen LogP contribution in [0.5, 0.6) is 0 Å². The number of furan rings is 1. The summed E-state index contributed by atoms with van der Waals surface area (Å²) in [6, 6.07) is 36.6. The molecule has 0 aliphatic carbocycles. The van der Waals surface area contributed by atoms with Gasteiger partial charge in [-0.3, -0.25) is 9.69 Å². The highest BCUT2D eigenvalue weighted by molar-refractivity contribution is 7.98. The van der Waals surface area contributed by atoms with Crippen molar-refractivity contribution < 1.29 is 9.21 Å². The third-order valence-electron chi connectivity index (χ3n) is 7.30. The van der Waals surface area contributed by atoms with Gasteiger partial charge in [0.15, 0.2) is 5.76 Å². The molecule has 1 saturated heterocycles. The largest absolute Gasteiger partial charge is 0.455 e. The van der Waals surface area contributed by atoms with Crippen LogP contribution in [0.3, 0.4) is 0 Å². The first kappa shape index (κ1) is 27.7. The lowest BCUT2D eigenvalue weighted by Gasteiger charge is -2.33. The third-order valence-corrected chi connectivity index (χ3v) is 8.24. The third kappa shape index (κ3) is 7.05. The minimum atomic E-state index is -0.0480. The van der Waals surface area contributed by atoms with Crippen LogP contribution in [-0.4, -0.2) is 58.6 Å². The Morgan fingerprint density at radius 3 is 2.14 bits per heavy atom. The first-order valence-corrected chi connectivity index (χ1v) is 15.1. The summed E-state index contributed by atoms with van der Waals surface area (Å²) in [6.07, 6.45) is 4.33. The van der Waals surface area contributed by atoms with Crippen molar-refractivity contribution in [1.82, 2.24) is 20.0 Å². The Bertz CT molecular complexity index is 1610. The summed E-state index contributed by atoms with van der Waals surface area (Å²) < 4.78 is 5.92. The van der Waals surface area contributed by atoms with E-state index in [2.05, 4.69) is 75.8 Å². The highest BCUT2D eigenvalue weighted by Crippen LogP contribution is 2.26. The molecule has 1 amide bonds. The van der Waals surface area contributed by atoms with Crippen LogP contribution in [0, 0.1) is 0 Å². The predicted octanol–water partition coefficient (Wildman–Crippen LogP) is 7.17. The minimum Gasteiger partial charge on any atom is -0.455 e. The van der Waals surface area contributed by atoms with Crippen LogP contribution in [-0.2, 0) is 5.75 Å². The lowest BCUT2D eigenvalue weighted by molar-refractivity contribution is 0.0617. The maximum absolute atomic E-state index is 13.0. The number of amides is 1. The average molecular weight is 573 g/mol. The molecule has 7 heteroatoms. The summed E-state index contributed by atoms with van der Waals surface area (Å²) in [5.74, 6) is 1.67. The second-order valence-electron chi connectivity index (χ2n) is 10.2. The molecular weight excluding hydrogens is 540 g/mol. The smallest absolute Gasteiger partial charge is 0.289 e. The highest BCUT2D eigenvalue weighted by Gasteiger charge is 2.24. The van der Waals surface area contributed by atoms with Crippen molar-refractivity contribution in [3.05, 3.63) is 132 Å². The highest BCUT2D eigenvalue weighted by atomic mass is 32.2. The molecule has 6 nitrogen and oxygen atoms in total. The van der Waals surface area contributed by atoms with E-state index in [1.54, 1.807) is 6.07 Å². The summed E-state index contributed by atoms with van der Waals surface area (Å²) in [4.78, 5) is 17.3. The number of thioether (sulfide) groups is 1. The van der Waals surface area contributed by atoms with Gasteiger partial charge in [0.1, 0.15) is 10.8 Å². The molecule has 0 atom stereocenters. The van der Waals surface area contributed by atoms with Gasteiger partial charge in [-0.15, -0.1) is 10.2 Å². The topological polar surface area (TPSA) is 62.5 Å². The maximum atomic E-state index is 13.0. The molecule has 5 aromatic rings. The molecule has 0 N–H and O–H groups in total. The fraction of sp³-hybridized carbons (Fsp3) is 0.171. The van der Waals surface area contributed by atoms with Crippen LogP contribution in [0.4, 0.5) is 0 Å². The summed E-state index contributed by atoms with van der Waals surface area (Å²) >= 11 is 1.54. The molecule has 0 radical (unpaired) electrons. The molecule has 42 heavy (non-hydrogen) atoms. The van der Waals surface area contributed by atoms with Gasteiger partial charge in [0.05, 0.1) is 11.4 Å². The zero-order chi connectivity index (χ0) is 28.6. The van der Waals surface area contributed by atoms with Gasteiger partial charge in [0.25, 0.3) is 5.91 Å². The van der Waals surface area contributed by atoms with Crippen LogP contribution in [0.25, 0.3) is 28.5 Å². The average Bonchev–Trinajstić information content (AvgIpc) is 3.54. The molecule has 2 aromatic heterocycles. The molecule has 1 fully saturated rings. The number of piperazine rings is 1. The number of carbonyl (C=O) groups is 1. The van der Waals surface area contributed by atoms with Gasteiger partial charge in [-0.1, -0.05) is 109 Å². The molecule has 0 unspecified atom stereocenters. The van der Waals surface area contributed by atoms with Gasteiger partial charge >= 0.3 is 0 Å². The molecule has 3 heterocycles. The number of hydrogen-bond acceptors (Lipinski definition) is 6. The fourth-order valence-electron chi connectivity index (χ4n) is 4.92. The standard InChI is InChI=1S/C35H32N4O2S/c40-35(39-24-22-38(23-25-39)21-7-10-27-8-3-1-4-9-27)33-19-17-31(41-33)26-42-34-20-18-32(36-37-34)30-15-13-29(14-16-30)28-11-5-2-6-12-28/h1-20H,21-26H2/b10-7+. The first-order valence-electron chi connectivity index (χ1n) is 14.2. The number of benzene rings is 3. The van der Waals surface area contributed by atoms with Crippen molar-refractivity contribution >= 4 is 23.7 Å². The second kappa shape index (κ2) is 13.5. The van der Waals surface area contributed by atoms with Crippen LogP contribution in [0.2, 0.25) is 0 Å². The van der Waals surface area contributed by atoms with Crippen molar-refractivity contribution in [1.29, 1.82) is 0 Å². The Kier molecular flexibility index (Phi) is 8.88. The zero-order valence-corrected chi connectivity index (χ0v) is 24.1. The molecule has 0 saturated carbocycles. The number of rotatable bonds is 9. The van der Waals surface area contributed by atoms with E-state index in [1.807, 2.05) is 59.5 Å². The van der Waals surface area contributed by atoms with E-state index >= 15 is 0 Å². The minimum absolute atomic E-state index is 0.0480. The zero-order valence-electron chi connectivity index (χ0n) is 23.3. The quantitative estimate of drug-likeness (QED) is 0.175. The lowest BCUT2D eigenvalue weighted by Crippen LogP contribution is -2.48. The van der Waals surface area contributed by atoms with E-state index in [0.717, 1.165) is 41.7 Å². The molecule has 6 rings (SSSR count). The second-order valence-corrected chi connectivity index (χ2v) is 11.2. The Morgan fingerprint density at radius 1 is 0.738 bits per heavy atom. The van der Waals surface area contributed by atoms with Crippen LogP contribution in [0.15, 0.2) is 125 Å². The van der Waals surface area contributed by atoms with Gasteiger partial charge in [-0.25, -0.2) is 0 Å². The predicted molar refractivity (Wildman–Crippen MR) is 169 cm³/mol. The van der Waals surface area contributed by atoms with Crippen LogP contribution >= 0.6 is 11.8 Å². The number of aromatic nitrogens is 2. The van der Waals surface area contributed by atoms with Crippen molar-refractivity contribution in [2.75, 3.05) is 32.7 Å². The van der Waals surface area contributed by atoms with E-state index < -0.39 is 0 Å². The van der Waals surface area contributed by atoms with Crippen molar-refractivity contribution in [2.24, 2.45) is 0 Å². The van der Waals surface area contributed by atoms with E-state index in [0.29, 0.717) is 24.6 Å². The van der Waals surface area contributed by atoms with Gasteiger partial charge < -0.3 is 9.32 Å². The molecular formula is C35H32N4O2S. The van der Waals surface area contributed by atoms with Gasteiger partial charge in [-0.05, 0) is 41.0 Å². The Hall–Kier alpha value is -4.46. The molecule has 210 valence electrons. The van der Waals surface area contributed by atoms with Gasteiger partial charge in [0.2, 0.25) is 0 Å². The molecule has 0 bridgehead atoms. The summed E-state index contributed by atoms with van der Waals surface area (Å²) in [7, 11) is 0. The SMILES string of the molecule is O=C(c1ccc(CSc2ccc(-c3ccc(-c4ccccc4)cc3)nn2)o1)N1CCN(C/C=C/c2ccccc2)CC1. The Morgan fingerprint density at radius 2 is 1.43 bits per heavy atom. The van der Waals surface area contributed by atoms with Gasteiger partial charge in [-0.2, -0.15) is 0 Å². The molecule has 3 aromatic carbocycles. The van der Waals surface area contributed by atoms with Gasteiger partial charge in [0, 0.05) is 38.3 Å². The summed E-state index contributed by atoms with van der Waals surface area (Å²) in [6.45, 7) is 3.96. The van der Waals surface area contributed by atoms with Crippen molar-refractivity contribution in [3.8, 4) is 22.4 Å².